The zero-order valence-electron chi connectivity index (χ0n) is 7.10. The number of nitrogens with zero attached hydrogens (tertiary/aromatic N) is 1. The van der Waals surface area contributed by atoms with Gasteiger partial charge in [-0.3, -0.25) is 0 Å². The zero-order chi connectivity index (χ0) is 10.8. The summed E-state index contributed by atoms with van der Waals surface area (Å²) in [4.78, 5) is 0. The molecule has 0 aliphatic heterocycles. The van der Waals surface area contributed by atoms with Crippen molar-refractivity contribution >= 4 is 5.69 Å². The highest BCUT2D eigenvalue weighted by Gasteiger charge is 2.30. The highest BCUT2D eigenvalue weighted by Crippen LogP contribution is 2.31. The molecule has 0 atom stereocenters. The van der Waals surface area contributed by atoms with Crippen LogP contribution in [0.4, 0.5) is 18.9 Å². The van der Waals surface area contributed by atoms with Crippen LogP contribution in [-0.2, 0) is 12.6 Å². The zero-order valence-corrected chi connectivity index (χ0v) is 7.10. The highest BCUT2D eigenvalue weighted by molar-refractivity contribution is 5.50. The van der Waals surface area contributed by atoms with Crippen molar-refractivity contribution in [1.29, 1.82) is 5.26 Å². The fraction of sp³-hybridized carbons (Fsp3) is 0.222. The summed E-state index contributed by atoms with van der Waals surface area (Å²) in [5, 5.41) is 8.35. The van der Waals surface area contributed by atoms with Crippen molar-refractivity contribution in [3.63, 3.8) is 0 Å². The van der Waals surface area contributed by atoms with E-state index in [1.54, 1.807) is 0 Å². The Morgan fingerprint density at radius 2 is 2.00 bits per heavy atom. The lowest BCUT2D eigenvalue weighted by molar-refractivity contribution is -0.137. The van der Waals surface area contributed by atoms with Crippen molar-refractivity contribution in [2.45, 2.75) is 12.6 Å². The second-order valence-corrected chi connectivity index (χ2v) is 2.75. The number of halogens is 3. The molecule has 0 fully saturated rings. The Kier molecular flexibility index (Phi) is 2.65. The molecule has 0 spiro atoms. The number of alkyl halides is 3. The van der Waals surface area contributed by atoms with E-state index in [0.29, 0.717) is 5.56 Å². The fourth-order valence-electron chi connectivity index (χ4n) is 1.02. The first-order valence-corrected chi connectivity index (χ1v) is 3.77. The summed E-state index contributed by atoms with van der Waals surface area (Å²) >= 11 is 0. The van der Waals surface area contributed by atoms with Gasteiger partial charge in [-0.2, -0.15) is 18.4 Å². The molecule has 14 heavy (non-hydrogen) atoms. The van der Waals surface area contributed by atoms with Crippen LogP contribution in [0.1, 0.15) is 11.1 Å². The third kappa shape index (κ3) is 2.16. The van der Waals surface area contributed by atoms with Gasteiger partial charge in [0.15, 0.2) is 0 Å². The van der Waals surface area contributed by atoms with Crippen LogP contribution in [0.5, 0.6) is 0 Å². The summed E-state index contributed by atoms with van der Waals surface area (Å²) in [5.74, 6) is 0. The minimum absolute atomic E-state index is 0.00127. The lowest BCUT2D eigenvalue weighted by atomic mass is 10.1. The number of rotatable bonds is 1. The predicted octanol–water partition coefficient (Wildman–Crippen LogP) is 2.35. The topological polar surface area (TPSA) is 49.8 Å². The molecule has 1 aromatic carbocycles. The quantitative estimate of drug-likeness (QED) is 0.707. The number of hydrogen-bond acceptors (Lipinski definition) is 2. The first-order valence-electron chi connectivity index (χ1n) is 3.77. The maximum absolute atomic E-state index is 12.2. The van der Waals surface area contributed by atoms with E-state index < -0.39 is 11.7 Å². The second kappa shape index (κ2) is 3.58. The van der Waals surface area contributed by atoms with Crippen LogP contribution in [0, 0.1) is 11.3 Å². The van der Waals surface area contributed by atoms with E-state index in [1.807, 2.05) is 6.07 Å². The standard InChI is InChI=1S/C9H7F3N2/c10-9(11,12)7-2-1-6(3-4-13)8(14)5-7/h1-2,5H,3,14H2. The Balaban J connectivity index is 3.08. The third-order valence-electron chi connectivity index (χ3n) is 1.74. The molecular formula is C9H7F3N2. The third-order valence-corrected chi connectivity index (χ3v) is 1.74. The summed E-state index contributed by atoms with van der Waals surface area (Å²) in [7, 11) is 0. The van der Waals surface area contributed by atoms with Crippen LogP contribution in [0.2, 0.25) is 0 Å². The van der Waals surface area contributed by atoms with Crippen molar-refractivity contribution in [2.75, 3.05) is 5.73 Å². The van der Waals surface area contributed by atoms with Crippen LogP contribution in [0.15, 0.2) is 18.2 Å². The normalized spacial score (nSPS) is 11.0. The smallest absolute Gasteiger partial charge is 0.398 e. The summed E-state index contributed by atoms with van der Waals surface area (Å²) in [5.41, 5.74) is 4.98. The Morgan fingerprint density at radius 1 is 1.36 bits per heavy atom. The molecule has 0 amide bonds. The van der Waals surface area contributed by atoms with Gasteiger partial charge in [0, 0.05) is 5.69 Å². The van der Waals surface area contributed by atoms with Gasteiger partial charge in [0.05, 0.1) is 18.1 Å². The lowest BCUT2D eigenvalue weighted by Gasteiger charge is -2.08. The summed E-state index contributed by atoms with van der Waals surface area (Å²) in [6.45, 7) is 0. The van der Waals surface area contributed by atoms with Crippen molar-refractivity contribution in [2.24, 2.45) is 0 Å². The van der Waals surface area contributed by atoms with Gasteiger partial charge in [-0.25, -0.2) is 0 Å². The van der Waals surface area contributed by atoms with Crippen molar-refractivity contribution < 1.29 is 13.2 Å². The monoisotopic (exact) mass is 200 g/mol. The largest absolute Gasteiger partial charge is 0.416 e. The van der Waals surface area contributed by atoms with Crippen LogP contribution >= 0.6 is 0 Å². The van der Waals surface area contributed by atoms with E-state index in [4.69, 9.17) is 11.0 Å². The van der Waals surface area contributed by atoms with E-state index >= 15 is 0 Å². The van der Waals surface area contributed by atoms with Crippen molar-refractivity contribution in [3.05, 3.63) is 29.3 Å². The Bertz CT molecular complexity index is 377. The van der Waals surface area contributed by atoms with Crippen LogP contribution in [-0.4, -0.2) is 0 Å². The molecule has 0 bridgehead atoms. The average Bonchev–Trinajstić information content (AvgIpc) is 2.07. The first-order chi connectivity index (χ1) is 6.45. The average molecular weight is 200 g/mol. The minimum atomic E-state index is -4.39. The van der Waals surface area contributed by atoms with Gasteiger partial charge in [-0.1, -0.05) is 6.07 Å². The first kappa shape index (κ1) is 10.4. The second-order valence-electron chi connectivity index (χ2n) is 2.75. The van der Waals surface area contributed by atoms with E-state index in [9.17, 15) is 13.2 Å². The van der Waals surface area contributed by atoms with Crippen molar-refractivity contribution in [3.8, 4) is 6.07 Å². The SMILES string of the molecule is N#CCc1ccc(C(F)(F)F)cc1N. The molecular weight excluding hydrogens is 193 g/mol. The molecule has 1 aromatic rings. The lowest BCUT2D eigenvalue weighted by Crippen LogP contribution is -2.06. The molecule has 1 rings (SSSR count). The fourth-order valence-corrected chi connectivity index (χ4v) is 1.02. The molecule has 0 saturated carbocycles. The molecule has 0 aliphatic rings. The number of nitriles is 1. The molecule has 0 heterocycles. The number of nitrogen functional groups attached to an aromatic ring is 1. The number of nitrogens with two attached hydrogens (primary N) is 1. The maximum atomic E-state index is 12.2. The Morgan fingerprint density at radius 3 is 2.43 bits per heavy atom. The van der Waals surface area contributed by atoms with Gasteiger partial charge in [0.25, 0.3) is 0 Å². The van der Waals surface area contributed by atoms with Gasteiger partial charge < -0.3 is 5.73 Å². The number of benzene rings is 1. The Hall–Kier alpha value is -1.70. The van der Waals surface area contributed by atoms with E-state index in [0.717, 1.165) is 12.1 Å². The van der Waals surface area contributed by atoms with E-state index in [-0.39, 0.29) is 12.1 Å². The molecule has 0 aromatic heterocycles. The van der Waals surface area contributed by atoms with E-state index in [1.165, 1.54) is 6.07 Å². The van der Waals surface area contributed by atoms with Crippen LogP contribution in [0.25, 0.3) is 0 Å². The molecule has 74 valence electrons. The van der Waals surface area contributed by atoms with Gasteiger partial charge in [0.2, 0.25) is 0 Å². The molecule has 2 N–H and O–H groups in total. The maximum Gasteiger partial charge on any atom is 0.416 e. The molecule has 0 radical (unpaired) electrons. The molecule has 0 saturated heterocycles. The summed E-state index contributed by atoms with van der Waals surface area (Å²) in [6.07, 6.45) is -4.37. The van der Waals surface area contributed by atoms with E-state index in [2.05, 4.69) is 0 Å². The molecule has 5 heteroatoms. The van der Waals surface area contributed by atoms with Crippen LogP contribution < -0.4 is 5.73 Å². The summed E-state index contributed by atoms with van der Waals surface area (Å²) in [6, 6.07) is 4.80. The summed E-state index contributed by atoms with van der Waals surface area (Å²) < 4.78 is 36.5. The van der Waals surface area contributed by atoms with Crippen molar-refractivity contribution in [1.82, 2.24) is 0 Å². The molecule has 0 aliphatic carbocycles. The molecule has 2 nitrogen and oxygen atoms in total. The minimum Gasteiger partial charge on any atom is -0.398 e. The van der Waals surface area contributed by atoms with Gasteiger partial charge >= 0.3 is 6.18 Å². The van der Waals surface area contributed by atoms with Gasteiger partial charge in [0.1, 0.15) is 0 Å². The van der Waals surface area contributed by atoms with Crippen LogP contribution in [0.3, 0.4) is 0 Å². The van der Waals surface area contributed by atoms with Gasteiger partial charge in [-0.15, -0.1) is 0 Å². The number of hydrogen-bond donors (Lipinski definition) is 1. The highest BCUT2D eigenvalue weighted by atomic mass is 19.4. The Labute approximate surface area is 78.8 Å². The number of anilines is 1. The predicted molar refractivity (Wildman–Crippen MR) is 45.2 cm³/mol. The van der Waals surface area contributed by atoms with Gasteiger partial charge in [-0.05, 0) is 17.7 Å². The molecule has 0 unspecified atom stereocenters.